The minimum absolute atomic E-state index is 0.0283. The van der Waals surface area contributed by atoms with Crippen molar-refractivity contribution < 1.29 is 4.79 Å². The first kappa shape index (κ1) is 12.0. The van der Waals surface area contributed by atoms with Crippen LogP contribution in [-0.4, -0.2) is 5.78 Å². The Morgan fingerprint density at radius 1 is 1.40 bits per heavy atom. The number of carbonyl (C=O) groups is 1. The van der Waals surface area contributed by atoms with Crippen LogP contribution in [0.15, 0.2) is 34.9 Å². The third-order valence-corrected chi connectivity index (χ3v) is 2.82. The molecule has 0 aliphatic heterocycles. The van der Waals surface area contributed by atoms with Crippen LogP contribution in [0.5, 0.6) is 0 Å². The lowest BCUT2D eigenvalue weighted by Gasteiger charge is -2.32. The number of rotatable bonds is 2. The Morgan fingerprint density at radius 3 is 2.47 bits per heavy atom. The van der Waals surface area contributed by atoms with Gasteiger partial charge in [0.15, 0.2) is 5.78 Å². The summed E-state index contributed by atoms with van der Waals surface area (Å²) in [6, 6.07) is 0. The van der Waals surface area contributed by atoms with E-state index < -0.39 is 0 Å². The molecule has 0 N–H and O–H groups in total. The predicted molar refractivity (Wildman–Crippen MR) is 64.7 cm³/mol. The Hall–Kier alpha value is -1.11. The van der Waals surface area contributed by atoms with Gasteiger partial charge in [-0.25, -0.2) is 0 Å². The van der Waals surface area contributed by atoms with Crippen molar-refractivity contribution in [3.8, 4) is 0 Å². The molecule has 15 heavy (non-hydrogen) atoms. The van der Waals surface area contributed by atoms with Crippen LogP contribution in [-0.2, 0) is 4.79 Å². The third-order valence-electron chi connectivity index (χ3n) is 2.82. The molecule has 0 spiro atoms. The van der Waals surface area contributed by atoms with E-state index in [1.165, 1.54) is 5.57 Å². The van der Waals surface area contributed by atoms with E-state index in [1.54, 1.807) is 6.08 Å². The number of hydrogen-bond acceptors (Lipinski definition) is 1. The van der Waals surface area contributed by atoms with Gasteiger partial charge in [-0.2, -0.15) is 0 Å². The van der Waals surface area contributed by atoms with Crippen LogP contribution in [0.1, 0.15) is 41.0 Å². The van der Waals surface area contributed by atoms with Crippen molar-refractivity contribution in [3.63, 3.8) is 0 Å². The largest absolute Gasteiger partial charge is 0.290 e. The molecular formula is C14H20O. The molecule has 0 unspecified atom stereocenters. The van der Waals surface area contributed by atoms with Crippen molar-refractivity contribution in [2.75, 3.05) is 0 Å². The average molecular weight is 204 g/mol. The van der Waals surface area contributed by atoms with E-state index in [9.17, 15) is 4.79 Å². The van der Waals surface area contributed by atoms with Crippen LogP contribution in [0.4, 0.5) is 0 Å². The van der Waals surface area contributed by atoms with Gasteiger partial charge < -0.3 is 0 Å². The summed E-state index contributed by atoms with van der Waals surface area (Å²) in [4.78, 5) is 12.0. The molecule has 0 amide bonds. The summed E-state index contributed by atoms with van der Waals surface area (Å²) >= 11 is 0. The number of ketones is 1. The van der Waals surface area contributed by atoms with Crippen LogP contribution in [0.25, 0.3) is 0 Å². The first-order chi connectivity index (χ1) is 6.88. The summed E-state index contributed by atoms with van der Waals surface area (Å²) in [5.74, 6) is 0.156. The zero-order valence-electron chi connectivity index (χ0n) is 10.3. The highest BCUT2D eigenvalue weighted by Crippen LogP contribution is 2.40. The monoisotopic (exact) mass is 204 g/mol. The highest BCUT2D eigenvalue weighted by atomic mass is 16.1. The first-order valence-electron chi connectivity index (χ1n) is 5.44. The smallest absolute Gasteiger partial charge is 0.182 e. The van der Waals surface area contributed by atoms with Crippen LogP contribution in [0.2, 0.25) is 0 Å². The molecule has 1 heteroatoms. The zero-order chi connectivity index (χ0) is 11.6. The van der Waals surface area contributed by atoms with Gasteiger partial charge in [-0.15, -0.1) is 0 Å². The van der Waals surface area contributed by atoms with Gasteiger partial charge >= 0.3 is 0 Å². The second-order valence-corrected chi connectivity index (χ2v) is 4.97. The lowest BCUT2D eigenvalue weighted by atomic mass is 9.71. The van der Waals surface area contributed by atoms with Gasteiger partial charge in [0.25, 0.3) is 0 Å². The van der Waals surface area contributed by atoms with Gasteiger partial charge in [-0.1, -0.05) is 31.6 Å². The van der Waals surface area contributed by atoms with Gasteiger partial charge in [0, 0.05) is 5.57 Å². The van der Waals surface area contributed by atoms with E-state index in [1.807, 2.05) is 19.9 Å². The Bertz CT molecular complexity index is 365. The van der Waals surface area contributed by atoms with Gasteiger partial charge in [0.05, 0.1) is 0 Å². The molecule has 1 aliphatic carbocycles. The molecule has 0 aromatic rings. The Kier molecular flexibility index (Phi) is 3.33. The minimum Gasteiger partial charge on any atom is -0.290 e. The van der Waals surface area contributed by atoms with E-state index in [0.717, 1.165) is 17.6 Å². The molecule has 0 fully saturated rings. The van der Waals surface area contributed by atoms with Gasteiger partial charge in [-0.05, 0) is 44.3 Å². The van der Waals surface area contributed by atoms with Crippen LogP contribution < -0.4 is 0 Å². The third kappa shape index (κ3) is 2.47. The summed E-state index contributed by atoms with van der Waals surface area (Å²) < 4.78 is 0. The van der Waals surface area contributed by atoms with E-state index in [2.05, 4.69) is 26.8 Å². The Balaban J connectivity index is 3.22. The van der Waals surface area contributed by atoms with Crippen molar-refractivity contribution >= 4 is 5.78 Å². The van der Waals surface area contributed by atoms with Crippen molar-refractivity contribution in [1.82, 2.24) is 0 Å². The molecule has 0 saturated heterocycles. The lowest BCUT2D eigenvalue weighted by Crippen LogP contribution is -2.24. The fourth-order valence-corrected chi connectivity index (χ4v) is 2.57. The molecule has 0 bridgehead atoms. The van der Waals surface area contributed by atoms with E-state index in [-0.39, 0.29) is 11.2 Å². The van der Waals surface area contributed by atoms with Crippen LogP contribution in [0, 0.1) is 5.41 Å². The number of carbonyl (C=O) groups excluding carboxylic acids is 1. The van der Waals surface area contributed by atoms with Crippen molar-refractivity contribution in [3.05, 3.63) is 34.9 Å². The molecular weight excluding hydrogens is 184 g/mol. The molecule has 0 radical (unpaired) electrons. The minimum atomic E-state index is -0.0283. The first-order valence-corrected chi connectivity index (χ1v) is 5.44. The molecule has 0 aromatic carbocycles. The summed E-state index contributed by atoms with van der Waals surface area (Å²) in [5.41, 5.74) is 3.41. The SMILES string of the molecule is CC=CC(=O)C1=C(C)C=C(C)CC1(C)C. The lowest BCUT2D eigenvalue weighted by molar-refractivity contribution is -0.112. The molecule has 1 nitrogen and oxygen atoms in total. The van der Waals surface area contributed by atoms with Crippen molar-refractivity contribution in [2.24, 2.45) is 5.41 Å². The Labute approximate surface area is 92.6 Å². The van der Waals surface area contributed by atoms with Crippen molar-refractivity contribution in [2.45, 2.75) is 41.0 Å². The van der Waals surface area contributed by atoms with Gasteiger partial charge in [0.1, 0.15) is 0 Å². The maximum atomic E-state index is 12.0. The molecule has 82 valence electrons. The quantitative estimate of drug-likeness (QED) is 0.625. The molecule has 1 rings (SSSR count). The van der Waals surface area contributed by atoms with E-state index >= 15 is 0 Å². The van der Waals surface area contributed by atoms with Crippen molar-refractivity contribution in [1.29, 1.82) is 0 Å². The summed E-state index contributed by atoms with van der Waals surface area (Å²) in [5, 5.41) is 0. The van der Waals surface area contributed by atoms with Gasteiger partial charge in [-0.3, -0.25) is 4.79 Å². The summed E-state index contributed by atoms with van der Waals surface area (Å²) in [6.45, 7) is 10.3. The highest BCUT2D eigenvalue weighted by Gasteiger charge is 2.31. The van der Waals surface area contributed by atoms with Crippen LogP contribution >= 0.6 is 0 Å². The fourth-order valence-electron chi connectivity index (χ4n) is 2.57. The second-order valence-electron chi connectivity index (χ2n) is 4.97. The standard InChI is InChI=1S/C14H20O/c1-6-7-12(15)13-11(3)8-10(2)9-14(13,4)5/h6-8H,9H2,1-5H3. The van der Waals surface area contributed by atoms with Gasteiger partial charge in [0.2, 0.25) is 0 Å². The summed E-state index contributed by atoms with van der Waals surface area (Å²) in [7, 11) is 0. The number of hydrogen-bond donors (Lipinski definition) is 0. The Morgan fingerprint density at radius 2 is 2.00 bits per heavy atom. The molecule has 0 saturated carbocycles. The molecule has 0 aromatic heterocycles. The second kappa shape index (κ2) is 4.18. The normalized spacial score (nSPS) is 20.7. The van der Waals surface area contributed by atoms with E-state index in [0.29, 0.717) is 0 Å². The summed E-state index contributed by atoms with van der Waals surface area (Å²) in [6.07, 6.45) is 6.57. The van der Waals surface area contributed by atoms with Crippen LogP contribution in [0.3, 0.4) is 0 Å². The number of allylic oxidation sites excluding steroid dienone is 6. The molecule has 0 heterocycles. The topological polar surface area (TPSA) is 17.1 Å². The maximum absolute atomic E-state index is 12.0. The fraction of sp³-hybridized carbons (Fsp3) is 0.500. The highest BCUT2D eigenvalue weighted by molar-refractivity contribution is 6.05. The zero-order valence-corrected chi connectivity index (χ0v) is 10.3. The molecule has 0 atom stereocenters. The predicted octanol–water partition coefficient (Wildman–Crippen LogP) is 3.82. The average Bonchev–Trinajstić information content (AvgIpc) is 1.99. The molecule has 1 aliphatic rings. The van der Waals surface area contributed by atoms with E-state index in [4.69, 9.17) is 0 Å². The maximum Gasteiger partial charge on any atom is 0.182 e.